The molecule has 0 heterocycles. The van der Waals surface area contributed by atoms with E-state index < -0.39 is 12.1 Å². The van der Waals surface area contributed by atoms with Crippen LogP contribution in [0.2, 0.25) is 0 Å². The largest absolute Gasteiger partial charge is 0.463 e. The van der Waals surface area contributed by atoms with E-state index in [2.05, 4.69) is 4.74 Å². The number of carbonyl (C=O) groups is 2. The number of ether oxygens (including phenoxy) is 2. The van der Waals surface area contributed by atoms with Crippen LogP contribution in [0.4, 0.5) is 0 Å². The van der Waals surface area contributed by atoms with Crippen molar-refractivity contribution in [2.24, 2.45) is 0 Å². The molecule has 0 aliphatic rings. The fourth-order valence-corrected chi connectivity index (χ4v) is 0.768. The highest BCUT2D eigenvalue weighted by Gasteiger charge is 2.17. The molecule has 0 saturated carbocycles. The smallest absolute Gasteiger partial charge is 0.347 e. The fraction of sp³-hybridized carbons (Fsp3) is 0.778. The number of esters is 2. The van der Waals surface area contributed by atoms with E-state index in [1.807, 2.05) is 6.92 Å². The third-order valence-corrected chi connectivity index (χ3v) is 1.38. The van der Waals surface area contributed by atoms with Crippen LogP contribution in [-0.4, -0.2) is 24.6 Å². The van der Waals surface area contributed by atoms with Gasteiger partial charge < -0.3 is 9.47 Å². The molecular weight excluding hydrogens is 172 g/mol. The molecule has 0 bridgehead atoms. The second-order valence-electron chi connectivity index (χ2n) is 2.63. The summed E-state index contributed by atoms with van der Waals surface area (Å²) in [5, 5.41) is 0. The van der Waals surface area contributed by atoms with E-state index in [-0.39, 0.29) is 5.97 Å². The van der Waals surface area contributed by atoms with Gasteiger partial charge in [-0.2, -0.15) is 0 Å². The van der Waals surface area contributed by atoms with E-state index in [1.54, 1.807) is 6.92 Å². The first-order valence-electron chi connectivity index (χ1n) is 4.47. The Kier molecular flexibility index (Phi) is 5.93. The molecule has 0 radical (unpaired) electrons. The first-order valence-corrected chi connectivity index (χ1v) is 4.47. The maximum Gasteiger partial charge on any atom is 0.347 e. The average Bonchev–Trinajstić information content (AvgIpc) is 2.05. The normalized spacial score (nSPS) is 11.9. The first kappa shape index (κ1) is 11.9. The van der Waals surface area contributed by atoms with E-state index in [0.29, 0.717) is 19.4 Å². The summed E-state index contributed by atoms with van der Waals surface area (Å²) >= 11 is 0. The molecular formula is C9H16O4. The van der Waals surface area contributed by atoms with Gasteiger partial charge in [-0.05, 0) is 20.3 Å². The summed E-state index contributed by atoms with van der Waals surface area (Å²) in [7, 11) is 0. The van der Waals surface area contributed by atoms with Crippen molar-refractivity contribution >= 4 is 11.9 Å². The highest BCUT2D eigenvalue weighted by molar-refractivity contribution is 5.78. The highest BCUT2D eigenvalue weighted by Crippen LogP contribution is 1.99. The molecule has 76 valence electrons. The Hall–Kier alpha value is -1.06. The minimum Gasteiger partial charge on any atom is -0.463 e. The van der Waals surface area contributed by atoms with Gasteiger partial charge in [0, 0.05) is 6.42 Å². The maximum atomic E-state index is 11.0. The topological polar surface area (TPSA) is 52.6 Å². The lowest BCUT2D eigenvalue weighted by Crippen LogP contribution is -2.26. The number of hydrogen-bond donors (Lipinski definition) is 0. The quantitative estimate of drug-likeness (QED) is 0.610. The summed E-state index contributed by atoms with van der Waals surface area (Å²) in [4.78, 5) is 21.9. The van der Waals surface area contributed by atoms with Crippen LogP contribution in [0.5, 0.6) is 0 Å². The van der Waals surface area contributed by atoms with Crippen LogP contribution in [0.25, 0.3) is 0 Å². The molecule has 0 amide bonds. The van der Waals surface area contributed by atoms with Crippen LogP contribution < -0.4 is 0 Å². The lowest BCUT2D eigenvalue weighted by Gasteiger charge is -2.11. The predicted molar refractivity (Wildman–Crippen MR) is 47.1 cm³/mol. The average molecular weight is 188 g/mol. The minimum absolute atomic E-state index is 0.300. The molecule has 0 aliphatic carbocycles. The number of rotatable bonds is 5. The van der Waals surface area contributed by atoms with Gasteiger partial charge in [0.1, 0.15) is 0 Å². The molecule has 0 aromatic rings. The van der Waals surface area contributed by atoms with Crippen LogP contribution in [0, 0.1) is 0 Å². The van der Waals surface area contributed by atoms with E-state index >= 15 is 0 Å². The number of hydrogen-bond acceptors (Lipinski definition) is 4. The zero-order valence-electron chi connectivity index (χ0n) is 8.33. The summed E-state index contributed by atoms with van der Waals surface area (Å²) in [5.41, 5.74) is 0. The van der Waals surface area contributed by atoms with Crippen molar-refractivity contribution < 1.29 is 19.1 Å². The molecule has 13 heavy (non-hydrogen) atoms. The Morgan fingerprint density at radius 1 is 1.31 bits per heavy atom. The molecule has 0 rings (SSSR count). The van der Waals surface area contributed by atoms with Gasteiger partial charge in [-0.3, -0.25) is 4.79 Å². The summed E-state index contributed by atoms with van der Waals surface area (Å²) in [6.45, 7) is 5.38. The van der Waals surface area contributed by atoms with Gasteiger partial charge in [0.05, 0.1) is 6.61 Å². The molecule has 4 nitrogen and oxygen atoms in total. The number of carbonyl (C=O) groups excluding carboxylic acids is 2. The second-order valence-corrected chi connectivity index (χ2v) is 2.63. The Morgan fingerprint density at radius 3 is 2.38 bits per heavy atom. The van der Waals surface area contributed by atoms with Gasteiger partial charge in [-0.25, -0.2) is 4.79 Å². The fourth-order valence-electron chi connectivity index (χ4n) is 0.768. The van der Waals surface area contributed by atoms with Crippen LogP contribution in [-0.2, 0) is 19.1 Å². The Morgan fingerprint density at radius 2 is 1.92 bits per heavy atom. The molecule has 0 aromatic heterocycles. The first-order chi connectivity index (χ1) is 6.11. The molecule has 1 atom stereocenters. The second kappa shape index (κ2) is 6.46. The summed E-state index contributed by atoms with van der Waals surface area (Å²) < 4.78 is 9.46. The van der Waals surface area contributed by atoms with Gasteiger partial charge in [-0.15, -0.1) is 0 Å². The molecule has 0 aliphatic heterocycles. The van der Waals surface area contributed by atoms with E-state index in [1.165, 1.54) is 6.92 Å². The van der Waals surface area contributed by atoms with Crippen molar-refractivity contribution in [2.75, 3.05) is 6.61 Å². The van der Waals surface area contributed by atoms with Gasteiger partial charge in [-0.1, -0.05) is 6.92 Å². The SMILES string of the molecule is CCCC(=O)OC(C)C(=O)OCC. The minimum atomic E-state index is -0.793. The van der Waals surface area contributed by atoms with Gasteiger partial charge in [0.2, 0.25) is 0 Å². The third-order valence-electron chi connectivity index (χ3n) is 1.38. The van der Waals surface area contributed by atoms with Crippen molar-refractivity contribution in [3.8, 4) is 0 Å². The van der Waals surface area contributed by atoms with Crippen LogP contribution in [0.3, 0.4) is 0 Å². The molecule has 0 saturated heterocycles. The Balaban J connectivity index is 3.78. The van der Waals surface area contributed by atoms with Crippen LogP contribution in [0.1, 0.15) is 33.6 Å². The zero-order chi connectivity index (χ0) is 10.3. The maximum absolute atomic E-state index is 11.0. The van der Waals surface area contributed by atoms with E-state index in [9.17, 15) is 9.59 Å². The summed E-state index contributed by atoms with van der Waals surface area (Å²) in [6, 6.07) is 0. The molecule has 0 spiro atoms. The van der Waals surface area contributed by atoms with Crippen molar-refractivity contribution in [1.29, 1.82) is 0 Å². The monoisotopic (exact) mass is 188 g/mol. The lowest BCUT2D eigenvalue weighted by molar-refractivity contribution is -0.166. The molecule has 0 N–H and O–H groups in total. The summed E-state index contributed by atoms with van der Waals surface area (Å²) in [5.74, 6) is -0.852. The van der Waals surface area contributed by atoms with Gasteiger partial charge >= 0.3 is 11.9 Å². The standard InChI is InChI=1S/C9H16O4/c1-4-6-8(10)13-7(3)9(11)12-5-2/h7H,4-6H2,1-3H3. The van der Waals surface area contributed by atoms with E-state index in [0.717, 1.165) is 0 Å². The predicted octanol–water partition coefficient (Wildman–Crippen LogP) is 1.28. The van der Waals surface area contributed by atoms with Crippen molar-refractivity contribution in [3.05, 3.63) is 0 Å². The highest BCUT2D eigenvalue weighted by atomic mass is 16.6. The zero-order valence-corrected chi connectivity index (χ0v) is 8.33. The Labute approximate surface area is 78.2 Å². The van der Waals surface area contributed by atoms with Crippen molar-refractivity contribution in [1.82, 2.24) is 0 Å². The van der Waals surface area contributed by atoms with Crippen molar-refractivity contribution in [2.45, 2.75) is 39.7 Å². The lowest BCUT2D eigenvalue weighted by atomic mass is 10.3. The molecule has 1 unspecified atom stereocenters. The van der Waals surface area contributed by atoms with E-state index in [4.69, 9.17) is 4.74 Å². The van der Waals surface area contributed by atoms with Crippen LogP contribution >= 0.6 is 0 Å². The van der Waals surface area contributed by atoms with Crippen LogP contribution in [0.15, 0.2) is 0 Å². The Bertz CT molecular complexity index is 176. The van der Waals surface area contributed by atoms with Gasteiger partial charge in [0.15, 0.2) is 6.10 Å². The van der Waals surface area contributed by atoms with Crippen molar-refractivity contribution in [3.63, 3.8) is 0 Å². The molecule has 0 aromatic carbocycles. The third kappa shape index (κ3) is 5.22. The molecule has 4 heteroatoms. The van der Waals surface area contributed by atoms with Gasteiger partial charge in [0.25, 0.3) is 0 Å². The summed E-state index contributed by atoms with van der Waals surface area (Å²) in [6.07, 6.45) is 0.261. The molecule has 0 fully saturated rings.